The fraction of sp³-hybridized carbons (Fsp3) is 0.333. The van der Waals surface area contributed by atoms with Gasteiger partial charge < -0.3 is 10.5 Å². The number of nitrogens with two attached hydrogens (primary N) is 1. The molecule has 2 heterocycles. The fourth-order valence-corrected chi connectivity index (χ4v) is 1.36. The third-order valence-electron chi connectivity index (χ3n) is 2.14. The van der Waals surface area contributed by atoms with Gasteiger partial charge in [-0.05, 0) is 32.9 Å². The van der Waals surface area contributed by atoms with E-state index in [1.54, 1.807) is 6.20 Å². The van der Waals surface area contributed by atoms with Gasteiger partial charge in [0.05, 0.1) is 6.10 Å². The van der Waals surface area contributed by atoms with Crippen molar-refractivity contribution in [2.45, 2.75) is 26.9 Å². The Morgan fingerprint density at radius 2 is 1.94 bits per heavy atom. The van der Waals surface area contributed by atoms with Crippen molar-refractivity contribution in [3.63, 3.8) is 0 Å². The van der Waals surface area contributed by atoms with Crippen molar-refractivity contribution < 1.29 is 4.74 Å². The molecule has 6 heteroatoms. The lowest BCUT2D eigenvalue weighted by Gasteiger charge is -2.09. The zero-order valence-electron chi connectivity index (χ0n) is 10.6. The Balaban J connectivity index is 2.38. The highest BCUT2D eigenvalue weighted by molar-refractivity contribution is 5.54. The van der Waals surface area contributed by atoms with Crippen molar-refractivity contribution in [1.82, 2.24) is 19.9 Å². The second kappa shape index (κ2) is 4.95. The Hall–Kier alpha value is -2.24. The van der Waals surface area contributed by atoms with E-state index in [-0.39, 0.29) is 18.1 Å². The van der Waals surface area contributed by atoms with Crippen molar-refractivity contribution in [2.24, 2.45) is 0 Å². The summed E-state index contributed by atoms with van der Waals surface area (Å²) < 4.78 is 5.42. The molecule has 0 fully saturated rings. The number of hydrogen-bond acceptors (Lipinski definition) is 6. The van der Waals surface area contributed by atoms with Crippen LogP contribution in [-0.2, 0) is 0 Å². The number of hydrogen-bond donors (Lipinski definition) is 1. The molecule has 0 unspecified atom stereocenters. The summed E-state index contributed by atoms with van der Waals surface area (Å²) in [7, 11) is 0. The summed E-state index contributed by atoms with van der Waals surface area (Å²) in [5.74, 6) is 0.599. The maximum absolute atomic E-state index is 5.64. The highest BCUT2D eigenvalue weighted by Crippen LogP contribution is 2.17. The molecule has 0 aliphatic heterocycles. The first-order valence-corrected chi connectivity index (χ1v) is 5.66. The maximum Gasteiger partial charge on any atom is 0.322 e. The van der Waals surface area contributed by atoms with Crippen molar-refractivity contribution in [2.75, 3.05) is 5.73 Å². The van der Waals surface area contributed by atoms with Gasteiger partial charge in [-0.15, -0.1) is 0 Å². The van der Waals surface area contributed by atoms with Gasteiger partial charge in [0.15, 0.2) is 5.82 Å². The van der Waals surface area contributed by atoms with Crippen LogP contribution in [0.15, 0.2) is 18.3 Å². The number of pyridine rings is 1. The molecule has 18 heavy (non-hydrogen) atoms. The summed E-state index contributed by atoms with van der Waals surface area (Å²) in [5.41, 5.74) is 7.35. The Morgan fingerprint density at radius 1 is 1.17 bits per heavy atom. The molecule has 2 N–H and O–H groups in total. The van der Waals surface area contributed by atoms with E-state index >= 15 is 0 Å². The summed E-state index contributed by atoms with van der Waals surface area (Å²) in [6.45, 7) is 5.71. The van der Waals surface area contributed by atoms with Gasteiger partial charge in [-0.3, -0.25) is 4.98 Å². The molecule has 0 aromatic carbocycles. The summed E-state index contributed by atoms with van der Waals surface area (Å²) in [6.07, 6.45) is 1.68. The van der Waals surface area contributed by atoms with Gasteiger partial charge in [-0.2, -0.15) is 15.0 Å². The number of aromatic nitrogens is 4. The summed E-state index contributed by atoms with van der Waals surface area (Å²) >= 11 is 0. The first kappa shape index (κ1) is 12.2. The van der Waals surface area contributed by atoms with Crippen LogP contribution in [-0.4, -0.2) is 26.0 Å². The number of nitrogens with zero attached hydrogens (tertiary/aromatic N) is 4. The van der Waals surface area contributed by atoms with Gasteiger partial charge in [0.25, 0.3) is 0 Å². The van der Waals surface area contributed by atoms with E-state index in [0.717, 1.165) is 11.3 Å². The minimum absolute atomic E-state index is 0.0178. The van der Waals surface area contributed by atoms with Crippen LogP contribution in [0.5, 0.6) is 6.01 Å². The fourth-order valence-electron chi connectivity index (χ4n) is 1.36. The third-order valence-corrected chi connectivity index (χ3v) is 2.14. The number of anilines is 1. The van der Waals surface area contributed by atoms with Crippen LogP contribution >= 0.6 is 0 Å². The van der Waals surface area contributed by atoms with E-state index in [1.807, 2.05) is 32.9 Å². The van der Waals surface area contributed by atoms with Crippen molar-refractivity contribution in [1.29, 1.82) is 0 Å². The monoisotopic (exact) mass is 245 g/mol. The molecule has 0 amide bonds. The molecule has 0 saturated heterocycles. The van der Waals surface area contributed by atoms with Gasteiger partial charge in [0.1, 0.15) is 0 Å². The Labute approximate surface area is 105 Å². The average Bonchev–Trinajstić information content (AvgIpc) is 2.28. The zero-order chi connectivity index (χ0) is 13.1. The molecule has 0 aliphatic rings. The standard InChI is InChI=1S/C12H15N5O/c1-7(2)18-12-16-10(15-11(13)17-12)9-5-4-8(3)14-6-9/h4-7H,1-3H3,(H2,13,15,16,17). The number of ether oxygens (including phenoxy) is 1. The minimum Gasteiger partial charge on any atom is -0.461 e. The Morgan fingerprint density at radius 3 is 2.56 bits per heavy atom. The van der Waals surface area contributed by atoms with E-state index in [4.69, 9.17) is 10.5 Å². The second-order valence-corrected chi connectivity index (χ2v) is 4.15. The molecule has 0 saturated carbocycles. The van der Waals surface area contributed by atoms with Crippen molar-refractivity contribution >= 4 is 5.95 Å². The zero-order valence-corrected chi connectivity index (χ0v) is 10.6. The molecule has 0 atom stereocenters. The van der Waals surface area contributed by atoms with Gasteiger partial charge in [0.2, 0.25) is 5.95 Å². The molecule has 2 aromatic heterocycles. The molecule has 6 nitrogen and oxygen atoms in total. The lowest BCUT2D eigenvalue weighted by Crippen LogP contribution is -2.11. The van der Waals surface area contributed by atoms with E-state index in [1.165, 1.54) is 0 Å². The second-order valence-electron chi connectivity index (χ2n) is 4.15. The van der Waals surface area contributed by atoms with E-state index in [0.29, 0.717) is 5.82 Å². The van der Waals surface area contributed by atoms with Crippen LogP contribution in [0.2, 0.25) is 0 Å². The topological polar surface area (TPSA) is 86.8 Å². The smallest absolute Gasteiger partial charge is 0.322 e. The predicted molar refractivity (Wildman–Crippen MR) is 68.0 cm³/mol. The van der Waals surface area contributed by atoms with Crippen LogP contribution in [0.25, 0.3) is 11.4 Å². The Bertz CT molecular complexity index is 539. The van der Waals surface area contributed by atoms with Crippen LogP contribution in [0.1, 0.15) is 19.5 Å². The first-order chi connectivity index (χ1) is 8.54. The van der Waals surface area contributed by atoms with Crippen molar-refractivity contribution in [3.05, 3.63) is 24.0 Å². The molecular formula is C12H15N5O. The summed E-state index contributed by atoms with van der Waals surface area (Å²) in [6, 6.07) is 4.00. The highest BCUT2D eigenvalue weighted by Gasteiger charge is 2.09. The van der Waals surface area contributed by atoms with Crippen LogP contribution in [0.4, 0.5) is 5.95 Å². The van der Waals surface area contributed by atoms with Crippen molar-refractivity contribution in [3.8, 4) is 17.4 Å². The summed E-state index contributed by atoms with van der Waals surface area (Å²) in [5, 5.41) is 0. The number of rotatable bonds is 3. The van der Waals surface area contributed by atoms with E-state index < -0.39 is 0 Å². The van der Waals surface area contributed by atoms with E-state index in [2.05, 4.69) is 19.9 Å². The van der Waals surface area contributed by atoms with Crippen LogP contribution < -0.4 is 10.5 Å². The average molecular weight is 245 g/mol. The van der Waals surface area contributed by atoms with Gasteiger partial charge in [-0.25, -0.2) is 0 Å². The van der Waals surface area contributed by atoms with Crippen LogP contribution in [0, 0.1) is 6.92 Å². The first-order valence-electron chi connectivity index (χ1n) is 5.66. The SMILES string of the molecule is Cc1ccc(-c2nc(N)nc(OC(C)C)n2)cn1. The lowest BCUT2D eigenvalue weighted by atomic mass is 10.2. The molecule has 2 rings (SSSR count). The number of nitrogen functional groups attached to an aromatic ring is 1. The molecule has 94 valence electrons. The lowest BCUT2D eigenvalue weighted by molar-refractivity contribution is 0.222. The molecule has 0 aliphatic carbocycles. The van der Waals surface area contributed by atoms with Crippen LogP contribution in [0.3, 0.4) is 0 Å². The largest absolute Gasteiger partial charge is 0.461 e. The molecular weight excluding hydrogens is 230 g/mol. The Kier molecular flexibility index (Phi) is 3.36. The van der Waals surface area contributed by atoms with Gasteiger partial charge >= 0.3 is 6.01 Å². The quantitative estimate of drug-likeness (QED) is 0.884. The summed E-state index contributed by atoms with van der Waals surface area (Å²) in [4.78, 5) is 16.4. The highest BCUT2D eigenvalue weighted by atomic mass is 16.5. The predicted octanol–water partition coefficient (Wildman–Crippen LogP) is 1.61. The minimum atomic E-state index is -0.0178. The maximum atomic E-state index is 5.64. The third kappa shape index (κ3) is 2.91. The normalized spacial score (nSPS) is 10.7. The van der Waals surface area contributed by atoms with E-state index in [9.17, 15) is 0 Å². The van der Waals surface area contributed by atoms with Gasteiger partial charge in [-0.1, -0.05) is 0 Å². The number of aryl methyl sites for hydroxylation is 1. The van der Waals surface area contributed by atoms with Gasteiger partial charge in [0, 0.05) is 17.5 Å². The molecule has 0 bridgehead atoms. The molecule has 0 spiro atoms. The molecule has 2 aromatic rings. The molecule has 0 radical (unpaired) electrons.